The molecule has 4 N–H and O–H groups in total. The van der Waals surface area contributed by atoms with Crippen molar-refractivity contribution < 1.29 is 9.18 Å². The van der Waals surface area contributed by atoms with E-state index in [1.165, 1.54) is 16.7 Å². The number of aryl methyl sites for hydroxylation is 2. The molecule has 0 fully saturated rings. The summed E-state index contributed by atoms with van der Waals surface area (Å²) in [5.74, 6) is -0.380. The number of nitrogens with one attached hydrogen (secondary N) is 2. The summed E-state index contributed by atoms with van der Waals surface area (Å²) >= 11 is 0. The minimum absolute atomic E-state index is 0.146. The monoisotopic (exact) mass is 435 g/mol. The summed E-state index contributed by atoms with van der Waals surface area (Å²) in [6.07, 6.45) is 2.77. The quantitative estimate of drug-likeness (QED) is 0.529. The standard InChI is InChI=1S/C24H26FN5O2/c1-15-8-18(10-19(25)9-15)13-27-22-24(32)30-20(14-28-22)6-7-21(30)23(31)29-12-17-4-2-16(11-26)3-5-17/h2-5,8-10,14,21H,6-7,11-13,26H2,1H3,(H,27,28)(H,29,31)/t21-/m0/s1. The lowest BCUT2D eigenvalue weighted by molar-refractivity contribution is -0.124. The third kappa shape index (κ3) is 4.70. The summed E-state index contributed by atoms with van der Waals surface area (Å²) in [6.45, 7) is 2.91. The minimum atomic E-state index is -0.583. The molecule has 7 nitrogen and oxygen atoms in total. The second kappa shape index (κ2) is 9.32. The summed E-state index contributed by atoms with van der Waals surface area (Å²) in [4.78, 5) is 30.1. The maximum atomic E-state index is 13.6. The van der Waals surface area contributed by atoms with Gasteiger partial charge >= 0.3 is 0 Å². The van der Waals surface area contributed by atoms with Gasteiger partial charge in [0.25, 0.3) is 5.56 Å². The van der Waals surface area contributed by atoms with E-state index in [0.717, 1.165) is 22.4 Å². The summed E-state index contributed by atoms with van der Waals surface area (Å²) < 4.78 is 15.1. The number of hydrogen-bond acceptors (Lipinski definition) is 5. The Bertz CT molecular complexity index is 1170. The number of anilines is 1. The molecule has 0 aliphatic carbocycles. The Hall–Kier alpha value is -3.52. The van der Waals surface area contributed by atoms with Gasteiger partial charge in [0.2, 0.25) is 5.91 Å². The van der Waals surface area contributed by atoms with Crippen LogP contribution < -0.4 is 21.9 Å². The van der Waals surface area contributed by atoms with E-state index < -0.39 is 6.04 Å². The van der Waals surface area contributed by atoms with Gasteiger partial charge in [-0.05, 0) is 54.2 Å². The smallest absolute Gasteiger partial charge is 0.294 e. The van der Waals surface area contributed by atoms with Crippen LogP contribution in [0.25, 0.3) is 0 Å². The molecule has 0 bridgehead atoms. The Morgan fingerprint density at radius 3 is 2.62 bits per heavy atom. The van der Waals surface area contributed by atoms with Crippen molar-refractivity contribution in [1.82, 2.24) is 14.9 Å². The highest BCUT2D eigenvalue weighted by Gasteiger charge is 2.30. The van der Waals surface area contributed by atoms with Gasteiger partial charge in [0.15, 0.2) is 5.82 Å². The maximum absolute atomic E-state index is 13.6. The normalized spacial score (nSPS) is 14.8. The molecule has 2 aromatic carbocycles. The fourth-order valence-corrected chi connectivity index (χ4v) is 4.01. The SMILES string of the molecule is Cc1cc(F)cc(CNc2ncc3n(c2=O)[C@H](C(=O)NCc2ccc(CN)cc2)CC3)c1. The molecule has 0 unspecified atom stereocenters. The van der Waals surface area contributed by atoms with E-state index >= 15 is 0 Å². The molecule has 32 heavy (non-hydrogen) atoms. The zero-order chi connectivity index (χ0) is 22.7. The van der Waals surface area contributed by atoms with E-state index in [-0.39, 0.29) is 29.6 Å². The number of benzene rings is 2. The van der Waals surface area contributed by atoms with Crippen molar-refractivity contribution in [2.75, 3.05) is 5.32 Å². The van der Waals surface area contributed by atoms with Gasteiger partial charge in [0.1, 0.15) is 11.9 Å². The number of amides is 1. The van der Waals surface area contributed by atoms with Crippen molar-refractivity contribution in [3.05, 3.63) is 92.8 Å². The first kappa shape index (κ1) is 21.7. The highest BCUT2D eigenvalue weighted by atomic mass is 19.1. The van der Waals surface area contributed by atoms with Crippen molar-refractivity contribution in [2.45, 2.75) is 45.4 Å². The van der Waals surface area contributed by atoms with Gasteiger partial charge in [0.05, 0.1) is 0 Å². The van der Waals surface area contributed by atoms with Gasteiger partial charge in [-0.25, -0.2) is 9.37 Å². The van der Waals surface area contributed by atoms with Crippen LogP contribution in [0.2, 0.25) is 0 Å². The molecule has 2 heterocycles. The van der Waals surface area contributed by atoms with E-state index in [4.69, 9.17) is 5.73 Å². The number of fused-ring (bicyclic) bond motifs is 1. The zero-order valence-corrected chi connectivity index (χ0v) is 17.9. The fraction of sp³-hybridized carbons (Fsp3) is 0.292. The number of carbonyl (C=O) groups excluding carboxylic acids is 1. The number of aromatic nitrogens is 2. The van der Waals surface area contributed by atoms with Crippen molar-refractivity contribution in [3.8, 4) is 0 Å². The van der Waals surface area contributed by atoms with Gasteiger partial charge < -0.3 is 16.4 Å². The fourth-order valence-electron chi connectivity index (χ4n) is 4.01. The molecular weight excluding hydrogens is 409 g/mol. The molecule has 0 radical (unpaired) electrons. The molecule has 0 saturated carbocycles. The lowest BCUT2D eigenvalue weighted by atomic mass is 10.1. The van der Waals surface area contributed by atoms with Crippen LogP contribution in [0.5, 0.6) is 0 Å². The maximum Gasteiger partial charge on any atom is 0.294 e. The molecular formula is C24H26FN5O2. The number of rotatable bonds is 7. The van der Waals surface area contributed by atoms with Gasteiger partial charge in [0, 0.05) is 31.5 Å². The van der Waals surface area contributed by atoms with Crippen molar-refractivity contribution in [1.29, 1.82) is 0 Å². The number of carbonyl (C=O) groups is 1. The average Bonchev–Trinajstić information content (AvgIpc) is 3.22. The molecule has 0 saturated heterocycles. The Kier molecular flexibility index (Phi) is 6.32. The van der Waals surface area contributed by atoms with Crippen molar-refractivity contribution in [2.24, 2.45) is 5.73 Å². The lowest BCUT2D eigenvalue weighted by Crippen LogP contribution is -2.36. The molecule has 1 aromatic heterocycles. The van der Waals surface area contributed by atoms with Crippen LogP contribution in [0.15, 0.2) is 53.5 Å². The lowest BCUT2D eigenvalue weighted by Gasteiger charge is -2.16. The molecule has 8 heteroatoms. The molecule has 1 aliphatic heterocycles. The Morgan fingerprint density at radius 2 is 1.91 bits per heavy atom. The average molecular weight is 436 g/mol. The van der Waals surface area contributed by atoms with Gasteiger partial charge in [-0.2, -0.15) is 0 Å². The van der Waals surface area contributed by atoms with E-state index in [2.05, 4.69) is 15.6 Å². The Labute approximate surface area is 185 Å². The second-order valence-electron chi connectivity index (χ2n) is 8.06. The number of nitrogens with zero attached hydrogens (tertiary/aromatic N) is 2. The summed E-state index contributed by atoms with van der Waals surface area (Å²) in [5, 5.41) is 5.91. The number of halogens is 1. The minimum Gasteiger partial charge on any atom is -0.361 e. The number of nitrogens with two attached hydrogens (primary N) is 1. The van der Waals surface area contributed by atoms with Crippen LogP contribution in [-0.4, -0.2) is 15.5 Å². The zero-order valence-electron chi connectivity index (χ0n) is 17.9. The summed E-state index contributed by atoms with van der Waals surface area (Å²) in [5.41, 5.74) is 9.50. The molecule has 1 amide bonds. The third-order valence-corrected chi connectivity index (χ3v) is 5.65. The third-order valence-electron chi connectivity index (χ3n) is 5.65. The van der Waals surface area contributed by atoms with Gasteiger partial charge in [-0.15, -0.1) is 0 Å². The largest absolute Gasteiger partial charge is 0.361 e. The summed E-state index contributed by atoms with van der Waals surface area (Å²) in [7, 11) is 0. The van der Waals surface area contributed by atoms with E-state index in [9.17, 15) is 14.0 Å². The first-order chi connectivity index (χ1) is 15.4. The van der Waals surface area contributed by atoms with Crippen LogP contribution in [-0.2, 0) is 30.8 Å². The predicted molar refractivity (Wildman–Crippen MR) is 120 cm³/mol. The molecule has 1 atom stereocenters. The van der Waals surface area contributed by atoms with E-state index in [1.807, 2.05) is 37.3 Å². The Balaban J connectivity index is 1.46. The molecule has 166 valence electrons. The predicted octanol–water partition coefficient (Wildman–Crippen LogP) is 2.57. The van der Waals surface area contributed by atoms with Crippen molar-refractivity contribution in [3.63, 3.8) is 0 Å². The first-order valence-corrected chi connectivity index (χ1v) is 10.6. The highest BCUT2D eigenvalue weighted by Crippen LogP contribution is 2.24. The van der Waals surface area contributed by atoms with Crippen LogP contribution in [0.4, 0.5) is 10.2 Å². The molecule has 1 aliphatic rings. The van der Waals surface area contributed by atoms with Crippen LogP contribution in [0.1, 0.15) is 40.4 Å². The van der Waals surface area contributed by atoms with Gasteiger partial charge in [-0.3, -0.25) is 14.2 Å². The van der Waals surface area contributed by atoms with Crippen LogP contribution in [0.3, 0.4) is 0 Å². The van der Waals surface area contributed by atoms with E-state index in [1.54, 1.807) is 6.20 Å². The van der Waals surface area contributed by atoms with Gasteiger partial charge in [-0.1, -0.05) is 30.3 Å². The molecule has 3 aromatic rings. The first-order valence-electron chi connectivity index (χ1n) is 10.6. The highest BCUT2D eigenvalue weighted by molar-refractivity contribution is 5.81. The van der Waals surface area contributed by atoms with Crippen LogP contribution in [0, 0.1) is 12.7 Å². The Morgan fingerprint density at radius 1 is 1.16 bits per heavy atom. The molecule has 4 rings (SSSR count). The second-order valence-corrected chi connectivity index (χ2v) is 8.06. The van der Waals surface area contributed by atoms with Crippen LogP contribution >= 0.6 is 0 Å². The van der Waals surface area contributed by atoms with E-state index in [0.29, 0.717) is 31.5 Å². The number of hydrogen-bond donors (Lipinski definition) is 3. The molecule has 0 spiro atoms. The topological polar surface area (TPSA) is 102 Å². The van der Waals surface area contributed by atoms with Crippen molar-refractivity contribution >= 4 is 11.7 Å². The summed E-state index contributed by atoms with van der Waals surface area (Å²) in [6, 6.07) is 11.8.